The first-order valence-corrected chi connectivity index (χ1v) is 9.96. The summed E-state index contributed by atoms with van der Waals surface area (Å²) in [6, 6.07) is 2.84. The summed E-state index contributed by atoms with van der Waals surface area (Å²) in [6.07, 6.45) is 0.672. The van der Waals surface area contributed by atoms with Crippen LogP contribution in [0.4, 0.5) is 5.69 Å². The molecule has 1 rings (SSSR count). The van der Waals surface area contributed by atoms with Crippen LogP contribution in [0.15, 0.2) is 17.0 Å². The van der Waals surface area contributed by atoms with Gasteiger partial charge in [0.05, 0.1) is 23.3 Å². The van der Waals surface area contributed by atoms with Crippen LogP contribution < -0.4 is 9.03 Å². The molecule has 1 aromatic carbocycles. The highest BCUT2D eigenvalue weighted by molar-refractivity contribution is 7.92. The monoisotopic (exact) mass is 364 g/mol. The lowest BCUT2D eigenvalue weighted by Gasteiger charge is -2.21. The summed E-state index contributed by atoms with van der Waals surface area (Å²) in [5.74, 6) is -1.12. The van der Waals surface area contributed by atoms with E-state index in [2.05, 4.69) is 4.72 Å². The van der Waals surface area contributed by atoms with E-state index < -0.39 is 26.0 Å². The molecule has 10 heteroatoms. The van der Waals surface area contributed by atoms with Crippen LogP contribution >= 0.6 is 0 Å². The van der Waals surface area contributed by atoms with Gasteiger partial charge < -0.3 is 5.11 Å². The SMILES string of the molecule is Cc1cc(C)c(S(=O)(=O)NCCC(=O)O)cc1N(C)S(C)(=O)=O. The summed E-state index contributed by atoms with van der Waals surface area (Å²) in [7, 11) is -6.15. The summed E-state index contributed by atoms with van der Waals surface area (Å²) in [5.41, 5.74) is 1.30. The number of anilines is 1. The van der Waals surface area contributed by atoms with Crippen molar-refractivity contribution in [2.24, 2.45) is 0 Å². The van der Waals surface area contributed by atoms with Gasteiger partial charge >= 0.3 is 5.97 Å². The Morgan fingerprint density at radius 1 is 1.17 bits per heavy atom. The third kappa shape index (κ3) is 4.91. The topological polar surface area (TPSA) is 121 Å². The average molecular weight is 364 g/mol. The van der Waals surface area contributed by atoms with E-state index in [0.717, 1.165) is 10.6 Å². The van der Waals surface area contributed by atoms with Gasteiger partial charge in [0.1, 0.15) is 0 Å². The van der Waals surface area contributed by atoms with Gasteiger partial charge in [0.2, 0.25) is 20.0 Å². The number of sulfonamides is 2. The van der Waals surface area contributed by atoms with Gasteiger partial charge in [0.15, 0.2) is 0 Å². The van der Waals surface area contributed by atoms with Crippen molar-refractivity contribution >= 4 is 31.7 Å². The molecular formula is C13H20N2O6S2. The average Bonchev–Trinajstić information content (AvgIpc) is 2.35. The van der Waals surface area contributed by atoms with Crippen LogP contribution in [0, 0.1) is 13.8 Å². The van der Waals surface area contributed by atoms with E-state index in [0.29, 0.717) is 11.1 Å². The maximum atomic E-state index is 12.3. The number of benzene rings is 1. The van der Waals surface area contributed by atoms with Crippen LogP contribution in [0.1, 0.15) is 17.5 Å². The van der Waals surface area contributed by atoms with Crippen LogP contribution in [0.2, 0.25) is 0 Å². The molecule has 0 heterocycles. The second kappa shape index (κ2) is 6.85. The highest BCUT2D eigenvalue weighted by Gasteiger charge is 2.22. The Balaban J connectivity index is 3.29. The normalized spacial score (nSPS) is 12.2. The fraction of sp³-hybridized carbons (Fsp3) is 0.462. The van der Waals surface area contributed by atoms with Crippen molar-refractivity contribution in [3.05, 3.63) is 23.3 Å². The second-order valence-corrected chi connectivity index (χ2v) is 8.93. The van der Waals surface area contributed by atoms with Crippen molar-refractivity contribution in [2.75, 3.05) is 24.2 Å². The lowest BCUT2D eigenvalue weighted by Crippen LogP contribution is -2.29. The van der Waals surface area contributed by atoms with Gasteiger partial charge in [-0.25, -0.2) is 21.6 Å². The lowest BCUT2D eigenvalue weighted by atomic mass is 10.1. The highest BCUT2D eigenvalue weighted by atomic mass is 32.2. The molecule has 0 radical (unpaired) electrons. The summed E-state index contributed by atoms with van der Waals surface area (Å²) >= 11 is 0. The Labute approximate surface area is 136 Å². The molecule has 0 atom stereocenters. The van der Waals surface area contributed by atoms with E-state index >= 15 is 0 Å². The molecule has 0 unspecified atom stereocenters. The summed E-state index contributed by atoms with van der Waals surface area (Å²) in [6.45, 7) is 3.02. The van der Waals surface area contributed by atoms with Crippen LogP contribution in [0.25, 0.3) is 0 Å². The smallest absolute Gasteiger partial charge is 0.304 e. The quantitative estimate of drug-likeness (QED) is 0.725. The Morgan fingerprint density at radius 2 is 1.74 bits per heavy atom. The van der Waals surface area contributed by atoms with Gasteiger partial charge in [0.25, 0.3) is 0 Å². The number of carbonyl (C=O) groups is 1. The third-order valence-electron chi connectivity index (χ3n) is 3.25. The summed E-state index contributed by atoms with van der Waals surface area (Å²) in [4.78, 5) is 10.4. The number of carboxylic acids is 1. The fourth-order valence-corrected chi connectivity index (χ4v) is 3.83. The van der Waals surface area contributed by atoms with Gasteiger partial charge in [-0.2, -0.15) is 0 Å². The van der Waals surface area contributed by atoms with Crippen LogP contribution in [0.3, 0.4) is 0 Å². The van der Waals surface area contributed by atoms with Crippen molar-refractivity contribution < 1.29 is 26.7 Å². The lowest BCUT2D eigenvalue weighted by molar-refractivity contribution is -0.136. The van der Waals surface area contributed by atoms with Crippen molar-refractivity contribution in [2.45, 2.75) is 25.2 Å². The van der Waals surface area contributed by atoms with E-state index in [9.17, 15) is 21.6 Å². The molecule has 0 saturated carbocycles. The molecule has 0 aliphatic heterocycles. The zero-order chi connectivity index (χ0) is 18.0. The number of hydrogen-bond acceptors (Lipinski definition) is 5. The first-order chi connectivity index (χ1) is 10.4. The molecule has 23 heavy (non-hydrogen) atoms. The molecule has 0 fully saturated rings. The number of rotatable bonds is 7. The van der Waals surface area contributed by atoms with Gasteiger partial charge in [0, 0.05) is 13.6 Å². The molecule has 0 aliphatic carbocycles. The van der Waals surface area contributed by atoms with E-state index in [4.69, 9.17) is 5.11 Å². The number of aliphatic carboxylic acids is 1. The molecule has 0 saturated heterocycles. The van der Waals surface area contributed by atoms with Crippen LogP contribution in [0.5, 0.6) is 0 Å². The van der Waals surface area contributed by atoms with Crippen molar-refractivity contribution in [1.29, 1.82) is 0 Å². The van der Waals surface area contributed by atoms with E-state index in [1.807, 2.05) is 0 Å². The van der Waals surface area contributed by atoms with Crippen LogP contribution in [-0.2, 0) is 24.8 Å². The van der Waals surface area contributed by atoms with E-state index in [1.54, 1.807) is 19.9 Å². The largest absolute Gasteiger partial charge is 0.481 e. The van der Waals surface area contributed by atoms with Gasteiger partial charge in [-0.1, -0.05) is 6.07 Å². The zero-order valence-corrected chi connectivity index (χ0v) is 15.0. The maximum absolute atomic E-state index is 12.3. The summed E-state index contributed by atoms with van der Waals surface area (Å²) in [5, 5.41) is 8.57. The molecule has 0 aromatic heterocycles. The predicted octanol–water partition coefficient (Wildman–Crippen LogP) is 0.452. The minimum Gasteiger partial charge on any atom is -0.481 e. The Morgan fingerprint density at radius 3 is 2.22 bits per heavy atom. The first-order valence-electron chi connectivity index (χ1n) is 6.63. The molecule has 1 aromatic rings. The molecule has 2 N–H and O–H groups in total. The summed E-state index contributed by atoms with van der Waals surface area (Å²) < 4.78 is 51.1. The highest BCUT2D eigenvalue weighted by Crippen LogP contribution is 2.27. The third-order valence-corrected chi connectivity index (χ3v) is 6.05. The predicted molar refractivity (Wildman–Crippen MR) is 86.6 cm³/mol. The molecule has 0 bridgehead atoms. The number of nitrogens with zero attached hydrogens (tertiary/aromatic N) is 1. The molecule has 8 nitrogen and oxygen atoms in total. The number of nitrogens with one attached hydrogen (secondary N) is 1. The van der Waals surface area contributed by atoms with Gasteiger partial charge in [-0.05, 0) is 31.0 Å². The van der Waals surface area contributed by atoms with Crippen molar-refractivity contribution in [3.63, 3.8) is 0 Å². The maximum Gasteiger partial charge on any atom is 0.304 e. The molecule has 130 valence electrons. The van der Waals surface area contributed by atoms with E-state index in [1.165, 1.54) is 13.1 Å². The first kappa shape index (κ1) is 19.4. The number of hydrogen-bond donors (Lipinski definition) is 2. The van der Waals surface area contributed by atoms with Gasteiger partial charge in [-0.15, -0.1) is 0 Å². The minimum atomic E-state index is -3.94. The zero-order valence-electron chi connectivity index (χ0n) is 13.3. The van der Waals surface area contributed by atoms with Crippen molar-refractivity contribution in [3.8, 4) is 0 Å². The van der Waals surface area contributed by atoms with Gasteiger partial charge in [-0.3, -0.25) is 9.10 Å². The van der Waals surface area contributed by atoms with Crippen molar-refractivity contribution in [1.82, 2.24) is 4.72 Å². The molecule has 0 spiro atoms. The standard InChI is InChI=1S/C13H20N2O6S2/c1-9-7-10(2)12(8-11(9)15(3)22(4,18)19)23(20,21)14-6-5-13(16)17/h7-8,14H,5-6H2,1-4H3,(H,16,17). The Hall–Kier alpha value is -1.65. The number of carboxylic acid groups (broad SMARTS) is 1. The molecule has 0 aliphatic rings. The molecule has 0 amide bonds. The fourth-order valence-electron chi connectivity index (χ4n) is 2.00. The molecular weight excluding hydrogens is 344 g/mol. The Bertz CT molecular complexity index is 815. The minimum absolute atomic E-state index is 0.0843. The van der Waals surface area contributed by atoms with Crippen LogP contribution in [-0.4, -0.2) is 47.8 Å². The number of aryl methyl sites for hydroxylation is 2. The Kier molecular flexibility index (Phi) is 5.78. The van der Waals surface area contributed by atoms with E-state index in [-0.39, 0.29) is 23.5 Å². The second-order valence-electron chi connectivity index (χ2n) is 5.18.